The van der Waals surface area contributed by atoms with Crippen molar-refractivity contribution in [1.29, 1.82) is 0 Å². The Hall–Kier alpha value is -3.71. The third kappa shape index (κ3) is 4.73. The monoisotopic (exact) mass is 461 g/mol. The van der Waals surface area contributed by atoms with Crippen LogP contribution in [0.5, 0.6) is 0 Å². The molecule has 1 aliphatic heterocycles. The SMILES string of the molecule is O=C(Cc1ccccc1)Nc1nc2n(n1)[C@@H](c1ccc(F)cc1)C[C@@H](c1ccc(Cl)cc1)N2. The zero-order chi connectivity index (χ0) is 22.8. The number of benzene rings is 3. The molecule has 0 saturated heterocycles. The van der Waals surface area contributed by atoms with Crippen molar-refractivity contribution in [3.63, 3.8) is 0 Å². The molecular weight excluding hydrogens is 441 g/mol. The van der Waals surface area contributed by atoms with Crippen LogP contribution in [0.2, 0.25) is 5.02 Å². The summed E-state index contributed by atoms with van der Waals surface area (Å²) in [4.78, 5) is 17.1. The third-order valence-electron chi connectivity index (χ3n) is 5.67. The molecular formula is C25H21ClFN5O. The van der Waals surface area contributed by atoms with Crippen LogP contribution in [0.3, 0.4) is 0 Å². The van der Waals surface area contributed by atoms with E-state index in [0.717, 1.165) is 16.7 Å². The van der Waals surface area contributed by atoms with Crippen molar-refractivity contribution >= 4 is 29.4 Å². The van der Waals surface area contributed by atoms with Crippen LogP contribution < -0.4 is 10.6 Å². The third-order valence-corrected chi connectivity index (χ3v) is 5.93. The van der Waals surface area contributed by atoms with E-state index in [2.05, 4.69) is 20.7 Å². The number of aromatic nitrogens is 3. The van der Waals surface area contributed by atoms with Crippen molar-refractivity contribution in [2.24, 2.45) is 0 Å². The summed E-state index contributed by atoms with van der Waals surface area (Å²) in [5, 5.41) is 11.4. The maximum absolute atomic E-state index is 13.5. The molecule has 3 aromatic carbocycles. The Morgan fingerprint density at radius 1 is 1.03 bits per heavy atom. The van der Waals surface area contributed by atoms with E-state index in [-0.39, 0.29) is 36.2 Å². The summed E-state index contributed by atoms with van der Waals surface area (Å²) >= 11 is 6.06. The van der Waals surface area contributed by atoms with Gasteiger partial charge in [0.25, 0.3) is 5.95 Å². The summed E-state index contributed by atoms with van der Waals surface area (Å²) in [5.41, 5.74) is 2.87. The summed E-state index contributed by atoms with van der Waals surface area (Å²) in [6, 6.07) is 23.3. The minimum atomic E-state index is -0.297. The second-order valence-corrected chi connectivity index (χ2v) is 8.40. The quantitative estimate of drug-likeness (QED) is 0.417. The number of halogens is 2. The van der Waals surface area contributed by atoms with Crippen LogP contribution in [0.15, 0.2) is 78.9 Å². The van der Waals surface area contributed by atoms with Gasteiger partial charge in [0.05, 0.1) is 18.5 Å². The maximum Gasteiger partial charge on any atom is 0.250 e. The van der Waals surface area contributed by atoms with Crippen molar-refractivity contribution in [2.45, 2.75) is 24.9 Å². The van der Waals surface area contributed by atoms with Crippen molar-refractivity contribution in [3.05, 3.63) is 106 Å². The summed E-state index contributed by atoms with van der Waals surface area (Å²) in [7, 11) is 0. The molecule has 4 aromatic rings. The Morgan fingerprint density at radius 3 is 2.45 bits per heavy atom. The molecule has 166 valence electrons. The van der Waals surface area contributed by atoms with Crippen molar-refractivity contribution < 1.29 is 9.18 Å². The Balaban J connectivity index is 1.43. The molecule has 6 nitrogen and oxygen atoms in total. The molecule has 5 rings (SSSR count). The molecule has 0 bridgehead atoms. The number of fused-ring (bicyclic) bond motifs is 1. The zero-order valence-corrected chi connectivity index (χ0v) is 18.3. The molecule has 1 aliphatic rings. The van der Waals surface area contributed by atoms with E-state index in [4.69, 9.17) is 11.6 Å². The Bertz CT molecular complexity index is 1260. The van der Waals surface area contributed by atoms with Crippen LogP contribution in [-0.2, 0) is 11.2 Å². The highest BCUT2D eigenvalue weighted by Gasteiger charge is 2.31. The normalized spacial score (nSPS) is 17.2. The second-order valence-electron chi connectivity index (χ2n) is 7.97. The molecule has 2 N–H and O–H groups in total. The van der Waals surface area contributed by atoms with Crippen LogP contribution in [0.25, 0.3) is 0 Å². The molecule has 0 unspecified atom stereocenters. The molecule has 8 heteroatoms. The molecule has 0 aliphatic carbocycles. The number of nitrogens with zero attached hydrogens (tertiary/aromatic N) is 3. The highest BCUT2D eigenvalue weighted by molar-refractivity contribution is 6.30. The number of amides is 1. The van der Waals surface area contributed by atoms with Crippen LogP contribution in [0.1, 0.15) is 35.2 Å². The van der Waals surface area contributed by atoms with Gasteiger partial charge in [-0.3, -0.25) is 10.1 Å². The van der Waals surface area contributed by atoms with Crippen LogP contribution in [-0.4, -0.2) is 20.7 Å². The molecule has 1 amide bonds. The lowest BCUT2D eigenvalue weighted by atomic mass is 9.93. The van der Waals surface area contributed by atoms with E-state index in [1.54, 1.807) is 16.8 Å². The van der Waals surface area contributed by atoms with E-state index >= 15 is 0 Å². The summed E-state index contributed by atoms with van der Waals surface area (Å²) in [6.07, 6.45) is 0.897. The average Bonchev–Trinajstić information content (AvgIpc) is 3.22. The number of hydrogen-bond donors (Lipinski definition) is 2. The molecule has 2 atom stereocenters. The Morgan fingerprint density at radius 2 is 1.73 bits per heavy atom. The van der Waals surface area contributed by atoms with E-state index in [1.807, 2.05) is 54.6 Å². The van der Waals surface area contributed by atoms with Gasteiger partial charge in [0.15, 0.2) is 0 Å². The second kappa shape index (κ2) is 9.03. The van der Waals surface area contributed by atoms with Crippen molar-refractivity contribution in [2.75, 3.05) is 10.6 Å². The predicted molar refractivity (Wildman–Crippen MR) is 126 cm³/mol. The van der Waals surface area contributed by atoms with Crippen LogP contribution in [0, 0.1) is 5.82 Å². The van der Waals surface area contributed by atoms with Gasteiger partial charge in [-0.1, -0.05) is 66.2 Å². The average molecular weight is 462 g/mol. The molecule has 0 radical (unpaired) electrons. The fourth-order valence-electron chi connectivity index (χ4n) is 4.06. The van der Waals surface area contributed by atoms with E-state index in [1.165, 1.54) is 12.1 Å². The Kier molecular flexibility index (Phi) is 5.79. The topological polar surface area (TPSA) is 71.8 Å². The number of nitrogens with one attached hydrogen (secondary N) is 2. The molecule has 1 aromatic heterocycles. The van der Waals surface area contributed by atoms with Gasteiger partial charge in [-0.15, -0.1) is 5.10 Å². The van der Waals surface area contributed by atoms with Crippen molar-refractivity contribution in [1.82, 2.24) is 14.8 Å². The maximum atomic E-state index is 13.5. The highest BCUT2D eigenvalue weighted by atomic mass is 35.5. The van der Waals surface area contributed by atoms with Crippen molar-refractivity contribution in [3.8, 4) is 0 Å². The Labute approximate surface area is 195 Å². The van der Waals surface area contributed by atoms with E-state index < -0.39 is 0 Å². The number of carbonyl (C=O) groups is 1. The van der Waals surface area contributed by atoms with Gasteiger partial charge in [0.2, 0.25) is 11.9 Å². The lowest BCUT2D eigenvalue weighted by molar-refractivity contribution is -0.115. The molecule has 0 saturated carbocycles. The van der Waals surface area contributed by atoms with E-state index in [9.17, 15) is 9.18 Å². The highest BCUT2D eigenvalue weighted by Crippen LogP contribution is 2.38. The molecule has 2 heterocycles. The minimum Gasteiger partial charge on any atom is -0.347 e. The molecule has 0 spiro atoms. The first-order valence-electron chi connectivity index (χ1n) is 10.6. The minimum absolute atomic E-state index is 0.0538. The number of rotatable bonds is 5. The lowest BCUT2D eigenvalue weighted by Crippen LogP contribution is -2.28. The van der Waals surface area contributed by atoms with Crippen LogP contribution >= 0.6 is 11.6 Å². The van der Waals surface area contributed by atoms with Gasteiger partial charge in [-0.25, -0.2) is 9.07 Å². The van der Waals surface area contributed by atoms with Gasteiger partial charge < -0.3 is 5.32 Å². The van der Waals surface area contributed by atoms with Gasteiger partial charge >= 0.3 is 0 Å². The van der Waals surface area contributed by atoms with Crippen LogP contribution in [0.4, 0.5) is 16.3 Å². The first kappa shape index (κ1) is 21.2. The van der Waals surface area contributed by atoms with Gasteiger partial charge in [-0.2, -0.15) is 4.98 Å². The molecule has 33 heavy (non-hydrogen) atoms. The number of carbonyl (C=O) groups excluding carboxylic acids is 1. The molecule has 0 fully saturated rings. The summed E-state index contributed by atoms with van der Waals surface area (Å²) in [5.74, 6) is 0.263. The fraction of sp³-hybridized carbons (Fsp3) is 0.160. The lowest BCUT2D eigenvalue weighted by Gasteiger charge is -2.31. The van der Waals surface area contributed by atoms with E-state index in [0.29, 0.717) is 17.4 Å². The van der Waals surface area contributed by atoms with Gasteiger partial charge in [0.1, 0.15) is 5.82 Å². The first-order valence-corrected chi connectivity index (χ1v) is 11.0. The summed E-state index contributed by atoms with van der Waals surface area (Å²) in [6.45, 7) is 0. The number of anilines is 2. The predicted octanol–water partition coefficient (Wildman–Crippen LogP) is 5.40. The summed E-state index contributed by atoms with van der Waals surface area (Å²) < 4.78 is 15.3. The fourth-order valence-corrected chi connectivity index (χ4v) is 4.18. The largest absolute Gasteiger partial charge is 0.347 e. The first-order chi connectivity index (χ1) is 16.0. The van der Waals surface area contributed by atoms with Gasteiger partial charge in [-0.05, 0) is 47.4 Å². The van der Waals surface area contributed by atoms with Gasteiger partial charge in [0, 0.05) is 5.02 Å². The standard InChI is InChI=1S/C25H21ClFN5O/c26-19-10-6-17(7-11-19)21-15-22(18-8-12-20(27)13-9-18)32-25(28-21)30-24(31-32)29-23(33)14-16-4-2-1-3-5-16/h1-13,21-22H,14-15H2,(H2,28,29,30,31,33)/t21-,22+/m0/s1. The smallest absolute Gasteiger partial charge is 0.250 e. The number of hydrogen-bond acceptors (Lipinski definition) is 4. The zero-order valence-electron chi connectivity index (χ0n) is 17.6.